The van der Waals surface area contributed by atoms with E-state index in [4.69, 9.17) is 40.9 Å². The van der Waals surface area contributed by atoms with Crippen molar-refractivity contribution in [2.45, 2.75) is 139 Å². The van der Waals surface area contributed by atoms with E-state index in [0.717, 1.165) is 0 Å². The van der Waals surface area contributed by atoms with Crippen LogP contribution in [0, 0.1) is 10.8 Å². The largest absolute Gasteiger partial charge is 4.00 e. The molecule has 0 aromatic heterocycles. The van der Waals surface area contributed by atoms with Crippen LogP contribution in [0.25, 0.3) is 0 Å². The monoisotopic (exact) mass is 996 g/mol. The first-order valence-corrected chi connectivity index (χ1v) is 16.7. The van der Waals surface area contributed by atoms with E-state index in [1.54, 1.807) is 0 Å². The number of aliphatic hydroxyl groups excluding tert-OH is 8. The van der Waals surface area contributed by atoms with Gasteiger partial charge in [0, 0.05) is 0 Å². The molecule has 2 rings (SSSR count). The molecule has 31 heteroatoms. The topological polar surface area (TPSA) is 307 Å². The van der Waals surface area contributed by atoms with Crippen molar-refractivity contribution in [1.82, 2.24) is 0 Å². The van der Waals surface area contributed by atoms with Crippen LogP contribution in [0.1, 0.15) is 41.5 Å². The molecule has 368 valence electrons. The van der Waals surface area contributed by atoms with Crippen LogP contribution in [0.3, 0.4) is 0 Å². The van der Waals surface area contributed by atoms with Crippen LogP contribution >= 0.6 is 0 Å². The number of hydrogen-bond acceptors (Lipinski definition) is 16. The maximum absolute atomic E-state index is 12.8. The van der Waals surface area contributed by atoms with Gasteiger partial charge in [-0.3, -0.25) is 9.59 Å². The number of hydrogen-bond donors (Lipinski definition) is 8. The van der Waals surface area contributed by atoms with E-state index in [9.17, 15) is 91.5 Å². The average molecular weight is 997 g/mol. The van der Waals surface area contributed by atoms with Crippen LogP contribution in [-0.4, -0.2) is 163 Å². The maximum atomic E-state index is 12.8. The Morgan fingerprint density at radius 2 is 0.698 bits per heavy atom. The van der Waals surface area contributed by atoms with Crippen molar-refractivity contribution in [1.29, 1.82) is 0 Å². The Hall–Kier alpha value is -2.33. The molecule has 10 unspecified atom stereocenters. The smallest absolute Gasteiger partial charge is 0.875 e. The molecule has 63 heavy (non-hydrogen) atoms. The number of halogens is 14. The Balaban J connectivity index is -0.000000773. The summed E-state index contributed by atoms with van der Waals surface area (Å²) in [6.07, 6.45) is -28.7. The molecule has 0 bridgehead atoms. The number of rotatable bonds is 8. The first-order valence-electron chi connectivity index (χ1n) is 16.7. The average Bonchev–Trinajstić information content (AvgIpc) is 3.11. The van der Waals surface area contributed by atoms with E-state index in [2.05, 4.69) is 9.47 Å². The molecule has 2 heterocycles. The van der Waals surface area contributed by atoms with Gasteiger partial charge in [-0.15, -0.1) is 24.7 Å². The van der Waals surface area contributed by atoms with Gasteiger partial charge in [-0.05, 0) is 23.0 Å². The Morgan fingerprint density at radius 3 is 0.873 bits per heavy atom. The normalized spacial score (nSPS) is 28.2. The predicted octanol–water partition coefficient (Wildman–Crippen LogP) is -2.35. The van der Waals surface area contributed by atoms with E-state index in [-0.39, 0.29) is 21.7 Å². The number of alkyl halides is 14. The fourth-order valence-electron chi connectivity index (χ4n) is 3.66. The molecule has 2 aliphatic heterocycles. The summed E-state index contributed by atoms with van der Waals surface area (Å²) < 4.78 is 181. The van der Waals surface area contributed by atoms with Gasteiger partial charge in [-0.25, -0.2) is 0 Å². The molecule has 2 fully saturated rings. The number of aliphatic hydroxyl groups is 8. The number of ether oxygens (including phenoxy) is 2. The van der Waals surface area contributed by atoms with Crippen LogP contribution in [0.5, 0.6) is 0 Å². The van der Waals surface area contributed by atoms with E-state index < -0.39 is 157 Å². The first kappa shape index (κ1) is 65.0. The van der Waals surface area contributed by atoms with Crippen molar-refractivity contribution < 1.29 is 164 Å². The summed E-state index contributed by atoms with van der Waals surface area (Å²) in [5.74, 6) is -33.5. The van der Waals surface area contributed by atoms with Crippen molar-refractivity contribution in [2.24, 2.45) is 10.8 Å². The molecule has 0 aromatic rings. The number of allylic oxidation sites excluding steroid dienone is 4. The van der Waals surface area contributed by atoms with Gasteiger partial charge in [0.1, 0.15) is 36.6 Å². The van der Waals surface area contributed by atoms with E-state index in [1.807, 2.05) is 0 Å². The molecule has 0 aliphatic carbocycles. The first-order chi connectivity index (χ1) is 27.2. The number of carbonyl (C=O) groups excluding carboxylic acids is 2. The fraction of sp³-hybridized carbons (Fsp3) is 0.812. The molecule has 0 aromatic carbocycles. The molecule has 2 aliphatic rings. The van der Waals surface area contributed by atoms with Crippen LogP contribution in [0.15, 0.2) is 23.7 Å². The zero-order valence-corrected chi connectivity index (χ0v) is 34.5. The zero-order chi connectivity index (χ0) is 50.3. The van der Waals surface area contributed by atoms with Gasteiger partial charge >= 0.3 is 57.8 Å². The van der Waals surface area contributed by atoms with Crippen LogP contribution < -0.4 is 20.4 Å². The molecule has 0 spiro atoms. The molecule has 0 saturated carbocycles. The van der Waals surface area contributed by atoms with Gasteiger partial charge in [-0.2, -0.15) is 61.5 Å². The summed E-state index contributed by atoms with van der Waals surface area (Å²) >= 11 is 0. The van der Waals surface area contributed by atoms with Gasteiger partial charge < -0.3 is 70.8 Å². The van der Waals surface area contributed by atoms with Crippen molar-refractivity contribution in [3.05, 3.63) is 23.7 Å². The third kappa shape index (κ3) is 16.5. The van der Waals surface area contributed by atoms with E-state index in [1.165, 1.54) is 41.5 Å². The van der Waals surface area contributed by atoms with Crippen molar-refractivity contribution >= 4 is 11.6 Å². The second-order valence-electron chi connectivity index (χ2n) is 14.9. The maximum Gasteiger partial charge on any atom is 4.00 e. The molecule has 10 atom stereocenters. The van der Waals surface area contributed by atoms with Crippen LogP contribution in [0.4, 0.5) is 61.5 Å². The van der Waals surface area contributed by atoms with Gasteiger partial charge in [0.2, 0.25) is 11.6 Å². The van der Waals surface area contributed by atoms with Crippen LogP contribution in [-0.2, 0) is 40.8 Å². The Kier molecular flexibility index (Phi) is 24.1. The molecule has 0 radical (unpaired) electrons. The molecule has 16 nitrogen and oxygen atoms in total. The Morgan fingerprint density at radius 1 is 0.476 bits per heavy atom. The minimum Gasteiger partial charge on any atom is -0.875 e. The summed E-state index contributed by atoms with van der Waals surface area (Å²) in [6, 6.07) is 0. The molecule has 2 saturated heterocycles. The molecular formula is C32H42F14O16Ti. The molecular weight excluding hydrogens is 954 g/mol. The van der Waals surface area contributed by atoms with Gasteiger partial charge in [0.25, 0.3) is 0 Å². The standard InChI is InChI=1S/2C10H11F7O2.2C6H11O6.Ti/c2*1-7(2,3)5(18)4-6(19)8(11,12)9(13,14)10(15,16)17;2*7-1-2-3(8)4(9)5(10)6(11)12-2;/h2*4,18H,1-3H3;2*2-6,8-11H,1H2;/q;;2*-1;+4/p-2/b2*5-4-;;;. The summed E-state index contributed by atoms with van der Waals surface area (Å²) in [5, 5.41) is 115. The SMILES string of the molecule is CC(C)(C)/C([O-])=C/C(=O)C(F)(F)C(F)(F)C(F)(F)F.CC(C)(C)/C([O-])=C/C(=O)C(F)(F)C(F)(F)C(F)(F)F.[O-]CC1OC(O)C(O)C(O)C1O.[O-]CC1OC(O)C(O)C(O)C1O.[Ti+4]. The summed E-state index contributed by atoms with van der Waals surface area (Å²) in [4.78, 5) is 21.6. The second kappa shape index (κ2) is 23.4. The number of ketones is 2. The summed E-state index contributed by atoms with van der Waals surface area (Å²) in [7, 11) is 0. The van der Waals surface area contributed by atoms with Gasteiger partial charge in [0.05, 0.1) is 12.2 Å². The minimum atomic E-state index is -6.61. The third-order valence-corrected chi connectivity index (χ3v) is 7.83. The van der Waals surface area contributed by atoms with Crippen molar-refractivity contribution in [3.63, 3.8) is 0 Å². The zero-order valence-electron chi connectivity index (χ0n) is 33.0. The number of carbonyl (C=O) groups is 2. The van der Waals surface area contributed by atoms with Crippen LogP contribution in [0.2, 0.25) is 0 Å². The second-order valence-corrected chi connectivity index (χ2v) is 14.9. The third-order valence-electron chi connectivity index (χ3n) is 7.83. The van der Waals surface area contributed by atoms with Gasteiger partial charge in [0.15, 0.2) is 12.6 Å². The Bertz CT molecular complexity index is 1400. The van der Waals surface area contributed by atoms with E-state index in [0.29, 0.717) is 0 Å². The van der Waals surface area contributed by atoms with Gasteiger partial charge in [-0.1, -0.05) is 41.5 Å². The Labute approximate surface area is 361 Å². The summed E-state index contributed by atoms with van der Waals surface area (Å²) in [5.41, 5.74) is -2.72. The fourth-order valence-corrected chi connectivity index (χ4v) is 3.66. The predicted molar refractivity (Wildman–Crippen MR) is 165 cm³/mol. The molecule has 0 amide bonds. The minimum absolute atomic E-state index is 0. The summed E-state index contributed by atoms with van der Waals surface area (Å²) in [6.45, 7) is 5.53. The quantitative estimate of drug-likeness (QED) is 0.0547. The van der Waals surface area contributed by atoms with E-state index >= 15 is 0 Å². The van der Waals surface area contributed by atoms with Crippen molar-refractivity contribution in [3.8, 4) is 0 Å². The molecule has 8 N–H and O–H groups in total. The van der Waals surface area contributed by atoms with Crippen molar-refractivity contribution in [2.75, 3.05) is 13.2 Å².